The average molecular weight is 352 g/mol. The molecule has 0 aromatic heterocycles. The van der Waals surface area contributed by atoms with Crippen molar-refractivity contribution in [1.29, 1.82) is 0 Å². The largest absolute Gasteiger partial charge is 0.469 e. The van der Waals surface area contributed by atoms with E-state index in [2.05, 4.69) is 15.0 Å². The minimum Gasteiger partial charge on any atom is -0.469 e. The van der Waals surface area contributed by atoms with Crippen molar-refractivity contribution in [3.05, 3.63) is 23.8 Å². The summed E-state index contributed by atoms with van der Waals surface area (Å²) in [6.45, 7) is 0.365. The van der Waals surface area contributed by atoms with Gasteiger partial charge in [0.1, 0.15) is 5.84 Å². The summed E-state index contributed by atoms with van der Waals surface area (Å²) in [5.41, 5.74) is 5.07. The molecular weight excluding hydrogens is 335 g/mol. The van der Waals surface area contributed by atoms with Gasteiger partial charge in [0, 0.05) is 13.0 Å². The molecule has 23 heavy (non-hydrogen) atoms. The molecule has 1 aromatic rings. The summed E-state index contributed by atoms with van der Waals surface area (Å²) < 4.78 is 42.8. The number of halogens is 4. The number of nitrogens with two attached hydrogens (primary N) is 1. The van der Waals surface area contributed by atoms with Gasteiger partial charge in [-0.25, -0.2) is 4.99 Å². The maximum atomic E-state index is 12.8. The third-order valence-corrected chi connectivity index (χ3v) is 3.10. The third-order valence-electron chi connectivity index (χ3n) is 2.83. The molecule has 0 saturated carbocycles. The van der Waals surface area contributed by atoms with Crippen LogP contribution in [0.3, 0.4) is 0 Å². The van der Waals surface area contributed by atoms with Gasteiger partial charge in [-0.2, -0.15) is 13.2 Å². The van der Waals surface area contributed by atoms with Gasteiger partial charge >= 0.3 is 12.1 Å². The first-order valence-corrected chi connectivity index (χ1v) is 7.22. The summed E-state index contributed by atoms with van der Waals surface area (Å²) in [4.78, 5) is 14.9. The van der Waals surface area contributed by atoms with Crippen LogP contribution in [0.1, 0.15) is 18.4 Å². The Morgan fingerprint density at radius 3 is 2.70 bits per heavy atom. The van der Waals surface area contributed by atoms with Gasteiger partial charge in [-0.05, 0) is 24.6 Å². The first-order chi connectivity index (χ1) is 10.8. The van der Waals surface area contributed by atoms with E-state index < -0.39 is 11.7 Å². The number of aliphatic imine (C=N–C) groups is 1. The van der Waals surface area contributed by atoms with Crippen LogP contribution in [0, 0.1) is 0 Å². The minimum atomic E-state index is -4.48. The van der Waals surface area contributed by atoms with Crippen LogP contribution in [0.2, 0.25) is 0 Å². The summed E-state index contributed by atoms with van der Waals surface area (Å²) in [7, 11) is 1.29. The zero-order chi connectivity index (χ0) is 17.5. The Morgan fingerprint density at radius 2 is 2.13 bits per heavy atom. The number of benzene rings is 1. The van der Waals surface area contributed by atoms with E-state index in [1.165, 1.54) is 13.2 Å². The Bertz CT molecular complexity index is 577. The molecule has 0 atom stereocenters. The fourth-order valence-electron chi connectivity index (χ4n) is 1.69. The van der Waals surface area contributed by atoms with Crippen LogP contribution >= 0.6 is 11.6 Å². The second-order valence-corrected chi connectivity index (χ2v) is 4.84. The van der Waals surface area contributed by atoms with Crippen molar-refractivity contribution >= 4 is 34.8 Å². The maximum Gasteiger partial charge on any atom is 0.416 e. The molecule has 9 heteroatoms. The van der Waals surface area contributed by atoms with E-state index >= 15 is 0 Å². The highest BCUT2D eigenvalue weighted by atomic mass is 35.5. The van der Waals surface area contributed by atoms with Gasteiger partial charge in [-0.15, -0.1) is 11.6 Å². The van der Waals surface area contributed by atoms with E-state index in [0.717, 1.165) is 12.1 Å². The molecule has 0 aliphatic heterocycles. The first-order valence-electron chi connectivity index (χ1n) is 6.69. The zero-order valence-electron chi connectivity index (χ0n) is 12.4. The summed E-state index contributed by atoms with van der Waals surface area (Å²) >= 11 is 5.51. The molecule has 0 aliphatic rings. The number of esters is 1. The maximum absolute atomic E-state index is 12.8. The normalized spacial score (nSPS) is 12.1. The highest BCUT2D eigenvalue weighted by Crippen LogP contribution is 2.35. The molecule has 0 fully saturated rings. The van der Waals surface area contributed by atoms with Gasteiger partial charge < -0.3 is 15.8 Å². The summed E-state index contributed by atoms with van der Waals surface area (Å²) in [5, 5.41) is 2.92. The lowest BCUT2D eigenvalue weighted by Gasteiger charge is -2.13. The monoisotopic (exact) mass is 351 g/mol. The molecule has 0 spiro atoms. The second kappa shape index (κ2) is 8.61. The number of ether oxygens (including phenoxy) is 1. The Balaban J connectivity index is 2.90. The molecule has 0 amide bonds. The quantitative estimate of drug-likeness (QED) is 0.260. The predicted molar refractivity (Wildman–Crippen MR) is 83.2 cm³/mol. The molecule has 0 aliphatic carbocycles. The molecular formula is C14H17ClF3N3O2. The Morgan fingerprint density at radius 1 is 1.43 bits per heavy atom. The lowest BCUT2D eigenvalue weighted by atomic mass is 10.1. The lowest BCUT2D eigenvalue weighted by molar-refractivity contribution is -0.140. The number of hydrogen-bond donors (Lipinski definition) is 2. The van der Waals surface area contributed by atoms with Crippen LogP contribution < -0.4 is 11.1 Å². The van der Waals surface area contributed by atoms with Crippen molar-refractivity contribution in [1.82, 2.24) is 0 Å². The van der Waals surface area contributed by atoms with Crippen LogP contribution in [0.25, 0.3) is 0 Å². The van der Waals surface area contributed by atoms with Crippen molar-refractivity contribution in [2.75, 3.05) is 24.9 Å². The number of carbonyl (C=O) groups is 1. The van der Waals surface area contributed by atoms with Gasteiger partial charge in [0.15, 0.2) is 0 Å². The summed E-state index contributed by atoms with van der Waals surface area (Å²) in [5.74, 6) is -0.453. The van der Waals surface area contributed by atoms with Gasteiger partial charge in [0.25, 0.3) is 0 Å². The minimum absolute atomic E-state index is 0.00334. The van der Waals surface area contributed by atoms with Crippen LogP contribution in [0.15, 0.2) is 23.2 Å². The third kappa shape index (κ3) is 6.35. The number of methoxy groups -OCH3 is 1. The Hall–Kier alpha value is -1.96. The topological polar surface area (TPSA) is 76.7 Å². The summed E-state index contributed by atoms with van der Waals surface area (Å²) in [6, 6.07) is 3.10. The number of rotatable bonds is 7. The highest BCUT2D eigenvalue weighted by molar-refractivity contribution is 6.28. The molecule has 5 nitrogen and oxygen atoms in total. The molecule has 3 N–H and O–H groups in total. The second-order valence-electron chi connectivity index (χ2n) is 4.57. The van der Waals surface area contributed by atoms with Crippen molar-refractivity contribution in [3.8, 4) is 0 Å². The molecule has 128 valence electrons. The van der Waals surface area contributed by atoms with Crippen LogP contribution in [-0.2, 0) is 15.7 Å². The number of nitrogens with zero attached hydrogens (tertiary/aromatic N) is 1. The molecule has 0 radical (unpaired) electrons. The van der Waals surface area contributed by atoms with Crippen LogP contribution in [0.5, 0.6) is 0 Å². The number of alkyl halides is 4. The predicted octanol–water partition coefficient (Wildman–Crippen LogP) is 3.30. The highest BCUT2D eigenvalue weighted by Gasteiger charge is 2.31. The Kier molecular flexibility index (Phi) is 7.15. The number of nitrogens with one attached hydrogen (secondary N) is 1. The van der Waals surface area contributed by atoms with E-state index in [-0.39, 0.29) is 29.8 Å². The van der Waals surface area contributed by atoms with E-state index in [0.29, 0.717) is 18.7 Å². The van der Waals surface area contributed by atoms with E-state index in [1.807, 2.05) is 0 Å². The molecule has 1 aromatic carbocycles. The van der Waals surface area contributed by atoms with Crippen molar-refractivity contribution < 1.29 is 22.7 Å². The van der Waals surface area contributed by atoms with Gasteiger partial charge in [0.05, 0.1) is 29.9 Å². The van der Waals surface area contributed by atoms with E-state index in [9.17, 15) is 18.0 Å². The van der Waals surface area contributed by atoms with Crippen molar-refractivity contribution in [3.63, 3.8) is 0 Å². The summed E-state index contributed by atoms with van der Waals surface area (Å²) in [6.07, 6.45) is -3.82. The SMILES string of the molecule is COC(=O)CCCNc1ccc(C(F)(F)F)cc1N=C(N)CCl. The number of carbonyl (C=O) groups excluding carboxylic acids is 1. The van der Waals surface area contributed by atoms with Crippen LogP contribution in [0.4, 0.5) is 24.5 Å². The number of hydrogen-bond acceptors (Lipinski definition) is 4. The van der Waals surface area contributed by atoms with Gasteiger partial charge in [-0.3, -0.25) is 4.79 Å². The van der Waals surface area contributed by atoms with Crippen molar-refractivity contribution in [2.24, 2.45) is 10.7 Å². The van der Waals surface area contributed by atoms with Gasteiger partial charge in [-0.1, -0.05) is 0 Å². The molecule has 0 heterocycles. The fraction of sp³-hybridized carbons (Fsp3) is 0.429. The molecule has 0 unspecified atom stereocenters. The number of amidine groups is 1. The van der Waals surface area contributed by atoms with E-state index in [4.69, 9.17) is 17.3 Å². The molecule has 1 rings (SSSR count). The number of anilines is 1. The standard InChI is InChI=1S/C14H17ClF3N3O2/c1-23-13(22)3-2-6-20-10-5-4-9(14(16,17)18)7-11(10)21-12(19)8-15/h4-5,7,20H,2-3,6,8H2,1H3,(H2,19,21). The lowest BCUT2D eigenvalue weighted by Crippen LogP contribution is -2.13. The molecule has 0 saturated heterocycles. The zero-order valence-corrected chi connectivity index (χ0v) is 13.2. The Labute approximate surface area is 136 Å². The first kappa shape index (κ1) is 19.1. The van der Waals surface area contributed by atoms with Crippen LogP contribution in [-0.4, -0.2) is 31.3 Å². The van der Waals surface area contributed by atoms with Crippen molar-refractivity contribution in [2.45, 2.75) is 19.0 Å². The van der Waals surface area contributed by atoms with Gasteiger partial charge in [0.2, 0.25) is 0 Å². The van der Waals surface area contributed by atoms with E-state index in [1.54, 1.807) is 0 Å². The fourth-order valence-corrected chi connectivity index (χ4v) is 1.75. The smallest absolute Gasteiger partial charge is 0.416 e. The molecule has 0 bridgehead atoms. The average Bonchev–Trinajstić information content (AvgIpc) is 2.51.